The Kier molecular flexibility index (Phi) is 7.69. The van der Waals surface area contributed by atoms with Crippen LogP contribution in [0.25, 0.3) is 0 Å². The average molecular weight is 349 g/mol. The van der Waals surface area contributed by atoms with Crippen LogP contribution in [0.4, 0.5) is 0 Å². The van der Waals surface area contributed by atoms with Gasteiger partial charge in [0.15, 0.2) is 0 Å². The summed E-state index contributed by atoms with van der Waals surface area (Å²) in [4.78, 5) is 26.2. The Morgan fingerprint density at radius 2 is 1.84 bits per heavy atom. The average Bonchev–Trinajstić information content (AvgIpc) is 2.63. The fourth-order valence-corrected chi connectivity index (χ4v) is 2.80. The fourth-order valence-electron chi connectivity index (χ4n) is 2.80. The molecule has 2 rings (SSSR count). The largest absolute Gasteiger partial charge is 0.497 e. The van der Waals surface area contributed by atoms with Gasteiger partial charge in [-0.3, -0.25) is 14.5 Å². The van der Waals surface area contributed by atoms with E-state index in [4.69, 9.17) is 9.47 Å². The lowest BCUT2D eigenvalue weighted by molar-refractivity contribution is -0.122. The maximum Gasteiger partial charge on any atom is 0.251 e. The molecule has 0 atom stereocenters. The number of benzene rings is 1. The van der Waals surface area contributed by atoms with Crippen LogP contribution in [-0.2, 0) is 9.53 Å². The van der Waals surface area contributed by atoms with Gasteiger partial charge in [0.25, 0.3) is 5.91 Å². The zero-order valence-corrected chi connectivity index (χ0v) is 14.9. The Morgan fingerprint density at radius 3 is 2.44 bits per heavy atom. The molecule has 1 aliphatic rings. The standard InChI is InChI=1S/C18H27N3O4/c1-24-12-9-19-17(22)13-21-10-7-15(8-11-21)20-18(23)14-3-5-16(25-2)6-4-14/h3-6,15H,7-13H2,1-2H3,(H,19,22)(H,20,23). The van der Waals surface area contributed by atoms with Gasteiger partial charge >= 0.3 is 0 Å². The maximum absolute atomic E-state index is 12.3. The van der Waals surface area contributed by atoms with Crippen LogP contribution in [0, 0.1) is 0 Å². The van der Waals surface area contributed by atoms with Gasteiger partial charge in [-0.25, -0.2) is 0 Å². The van der Waals surface area contributed by atoms with Crippen LogP contribution in [0.3, 0.4) is 0 Å². The minimum atomic E-state index is -0.0709. The van der Waals surface area contributed by atoms with Gasteiger partial charge in [-0.15, -0.1) is 0 Å². The van der Waals surface area contributed by atoms with Gasteiger partial charge in [-0.1, -0.05) is 0 Å². The zero-order valence-electron chi connectivity index (χ0n) is 14.9. The third kappa shape index (κ3) is 6.36. The molecule has 1 saturated heterocycles. The number of hydrogen-bond acceptors (Lipinski definition) is 5. The predicted molar refractivity (Wildman–Crippen MR) is 94.8 cm³/mol. The molecule has 1 heterocycles. The van der Waals surface area contributed by atoms with E-state index in [1.165, 1.54) is 0 Å². The molecule has 0 aromatic heterocycles. The van der Waals surface area contributed by atoms with Crippen molar-refractivity contribution in [1.82, 2.24) is 15.5 Å². The van der Waals surface area contributed by atoms with E-state index in [2.05, 4.69) is 15.5 Å². The van der Waals surface area contributed by atoms with Crippen molar-refractivity contribution in [2.75, 3.05) is 47.0 Å². The first kappa shape index (κ1) is 19.2. The lowest BCUT2D eigenvalue weighted by atomic mass is 10.0. The van der Waals surface area contributed by atoms with Gasteiger partial charge < -0.3 is 20.1 Å². The van der Waals surface area contributed by atoms with Gasteiger partial charge in [0.2, 0.25) is 5.91 Å². The second kappa shape index (κ2) is 10.0. The summed E-state index contributed by atoms with van der Waals surface area (Å²) in [7, 11) is 3.21. The van der Waals surface area contributed by atoms with Crippen molar-refractivity contribution in [3.05, 3.63) is 29.8 Å². The number of nitrogens with one attached hydrogen (secondary N) is 2. The number of piperidine rings is 1. The van der Waals surface area contributed by atoms with E-state index >= 15 is 0 Å². The molecule has 0 unspecified atom stereocenters. The van der Waals surface area contributed by atoms with Crippen LogP contribution in [-0.4, -0.2) is 69.8 Å². The molecule has 1 aliphatic heterocycles. The van der Waals surface area contributed by atoms with Crippen LogP contribution in [0.2, 0.25) is 0 Å². The Bertz CT molecular complexity index is 554. The molecule has 1 aromatic carbocycles. The maximum atomic E-state index is 12.3. The van der Waals surface area contributed by atoms with Crippen LogP contribution in [0.15, 0.2) is 24.3 Å². The summed E-state index contributed by atoms with van der Waals surface area (Å²) in [5.41, 5.74) is 0.626. The highest BCUT2D eigenvalue weighted by Gasteiger charge is 2.22. The first-order chi connectivity index (χ1) is 12.1. The first-order valence-corrected chi connectivity index (χ1v) is 8.55. The highest BCUT2D eigenvalue weighted by Crippen LogP contribution is 2.13. The normalized spacial score (nSPS) is 15.6. The van der Waals surface area contributed by atoms with Gasteiger partial charge in [-0.05, 0) is 37.1 Å². The number of methoxy groups -OCH3 is 2. The molecule has 7 heteroatoms. The Balaban J connectivity index is 1.70. The lowest BCUT2D eigenvalue weighted by Gasteiger charge is -2.31. The smallest absolute Gasteiger partial charge is 0.251 e. The number of nitrogens with zero attached hydrogens (tertiary/aromatic N) is 1. The third-order valence-corrected chi connectivity index (χ3v) is 4.27. The zero-order chi connectivity index (χ0) is 18.1. The van der Waals surface area contributed by atoms with E-state index in [0.717, 1.165) is 31.7 Å². The quantitative estimate of drug-likeness (QED) is 0.674. The number of carbonyl (C=O) groups excluding carboxylic acids is 2. The molecule has 25 heavy (non-hydrogen) atoms. The SMILES string of the molecule is COCCNC(=O)CN1CCC(NC(=O)c2ccc(OC)cc2)CC1. The van der Waals surface area contributed by atoms with E-state index < -0.39 is 0 Å². The third-order valence-electron chi connectivity index (χ3n) is 4.27. The molecule has 0 aliphatic carbocycles. The Morgan fingerprint density at radius 1 is 1.16 bits per heavy atom. The Hall–Kier alpha value is -2.12. The van der Waals surface area contributed by atoms with E-state index in [1.54, 1.807) is 38.5 Å². The molecule has 2 amide bonds. The van der Waals surface area contributed by atoms with Gasteiger partial charge in [0.05, 0.1) is 20.3 Å². The topological polar surface area (TPSA) is 79.9 Å². The van der Waals surface area contributed by atoms with E-state index in [9.17, 15) is 9.59 Å². The molecule has 0 bridgehead atoms. The van der Waals surface area contributed by atoms with Crippen LogP contribution >= 0.6 is 0 Å². The number of carbonyl (C=O) groups is 2. The van der Waals surface area contributed by atoms with Crippen molar-refractivity contribution in [3.8, 4) is 5.75 Å². The predicted octanol–water partition coefficient (Wildman–Crippen LogP) is 0.652. The van der Waals surface area contributed by atoms with Crippen molar-refractivity contribution in [2.24, 2.45) is 0 Å². The van der Waals surface area contributed by atoms with Crippen LogP contribution in [0.5, 0.6) is 5.75 Å². The minimum absolute atomic E-state index is 0.0118. The van der Waals surface area contributed by atoms with Gasteiger partial charge in [0, 0.05) is 38.3 Å². The molecular weight excluding hydrogens is 322 g/mol. The molecule has 1 aromatic rings. The highest BCUT2D eigenvalue weighted by atomic mass is 16.5. The highest BCUT2D eigenvalue weighted by molar-refractivity contribution is 5.94. The van der Waals surface area contributed by atoms with Gasteiger partial charge in [0.1, 0.15) is 5.75 Å². The summed E-state index contributed by atoms with van der Waals surface area (Å²) in [5.74, 6) is 0.671. The van der Waals surface area contributed by atoms with E-state index in [-0.39, 0.29) is 17.9 Å². The Labute approximate surface area is 148 Å². The summed E-state index contributed by atoms with van der Waals surface area (Å²) in [6, 6.07) is 7.21. The second-order valence-electron chi connectivity index (χ2n) is 6.10. The monoisotopic (exact) mass is 349 g/mol. The number of rotatable bonds is 8. The van der Waals surface area contributed by atoms with E-state index in [1.807, 2.05) is 0 Å². The molecule has 0 radical (unpaired) electrons. The molecule has 2 N–H and O–H groups in total. The van der Waals surface area contributed by atoms with Crippen molar-refractivity contribution in [1.29, 1.82) is 0 Å². The summed E-state index contributed by atoms with van der Waals surface area (Å²) >= 11 is 0. The second-order valence-corrected chi connectivity index (χ2v) is 6.10. The minimum Gasteiger partial charge on any atom is -0.497 e. The summed E-state index contributed by atoms with van der Waals surface area (Å²) < 4.78 is 10.0. The van der Waals surface area contributed by atoms with E-state index in [0.29, 0.717) is 25.3 Å². The van der Waals surface area contributed by atoms with Gasteiger partial charge in [-0.2, -0.15) is 0 Å². The summed E-state index contributed by atoms with van der Waals surface area (Å²) in [6.07, 6.45) is 1.68. The molecular formula is C18H27N3O4. The molecule has 0 spiro atoms. The molecule has 138 valence electrons. The number of hydrogen-bond donors (Lipinski definition) is 2. The number of likely N-dealkylation sites (tertiary alicyclic amines) is 1. The molecule has 7 nitrogen and oxygen atoms in total. The van der Waals surface area contributed by atoms with Crippen LogP contribution < -0.4 is 15.4 Å². The summed E-state index contributed by atoms with van der Waals surface area (Å²) in [5, 5.41) is 5.88. The molecule has 1 fully saturated rings. The van der Waals surface area contributed by atoms with Crippen molar-refractivity contribution in [3.63, 3.8) is 0 Å². The fraction of sp³-hybridized carbons (Fsp3) is 0.556. The first-order valence-electron chi connectivity index (χ1n) is 8.55. The molecule has 0 saturated carbocycles. The van der Waals surface area contributed by atoms with Crippen LogP contribution in [0.1, 0.15) is 23.2 Å². The van der Waals surface area contributed by atoms with Crippen molar-refractivity contribution >= 4 is 11.8 Å². The number of amides is 2. The van der Waals surface area contributed by atoms with Crippen molar-refractivity contribution < 1.29 is 19.1 Å². The van der Waals surface area contributed by atoms with Crippen molar-refractivity contribution in [2.45, 2.75) is 18.9 Å². The lowest BCUT2D eigenvalue weighted by Crippen LogP contribution is -2.47. The summed E-state index contributed by atoms with van der Waals surface area (Å²) in [6.45, 7) is 3.04. The number of ether oxygens (including phenoxy) is 2.